The number of benzene rings is 9. The summed E-state index contributed by atoms with van der Waals surface area (Å²) in [5.74, 6) is 0. The van der Waals surface area contributed by atoms with Gasteiger partial charge in [0.1, 0.15) is 11.2 Å². The fourth-order valence-electron chi connectivity index (χ4n) is 7.86. The van der Waals surface area contributed by atoms with Gasteiger partial charge in [-0.2, -0.15) is 0 Å². The highest BCUT2D eigenvalue weighted by Crippen LogP contribution is 2.48. The molecule has 0 aliphatic heterocycles. The van der Waals surface area contributed by atoms with Crippen molar-refractivity contribution in [3.05, 3.63) is 182 Å². The third-order valence-corrected chi connectivity index (χ3v) is 10.1. The van der Waals surface area contributed by atoms with Crippen molar-refractivity contribution in [1.82, 2.24) is 0 Å². The molecule has 0 unspecified atom stereocenters. The van der Waals surface area contributed by atoms with E-state index < -0.39 is 0 Å². The molecule has 0 atom stereocenters. The number of furan rings is 1. The lowest BCUT2D eigenvalue weighted by atomic mass is 9.82. The molecular weight excluding hydrogens is 593 g/mol. The summed E-state index contributed by atoms with van der Waals surface area (Å²) in [4.78, 5) is 0. The Labute approximate surface area is 284 Å². The van der Waals surface area contributed by atoms with E-state index in [0.717, 1.165) is 21.9 Å². The van der Waals surface area contributed by atoms with Gasteiger partial charge in [0.05, 0.1) is 0 Å². The van der Waals surface area contributed by atoms with Crippen molar-refractivity contribution in [2.45, 2.75) is 0 Å². The van der Waals surface area contributed by atoms with E-state index in [1.54, 1.807) is 0 Å². The first-order chi connectivity index (χ1) is 24.3. The van der Waals surface area contributed by atoms with Crippen LogP contribution >= 0.6 is 0 Å². The van der Waals surface area contributed by atoms with Gasteiger partial charge in [-0.05, 0) is 101 Å². The van der Waals surface area contributed by atoms with Crippen molar-refractivity contribution in [3.63, 3.8) is 0 Å². The molecule has 0 N–H and O–H groups in total. The van der Waals surface area contributed by atoms with Crippen molar-refractivity contribution in [2.75, 3.05) is 0 Å². The van der Waals surface area contributed by atoms with Crippen molar-refractivity contribution in [2.24, 2.45) is 0 Å². The Balaban J connectivity index is 1.24. The molecule has 1 nitrogen and oxygen atoms in total. The molecule has 0 saturated carbocycles. The fraction of sp³-hybridized carbons (Fsp3) is 0. The van der Waals surface area contributed by atoms with Crippen LogP contribution in [0.2, 0.25) is 0 Å². The normalized spacial score (nSPS) is 11.7. The Morgan fingerprint density at radius 2 is 0.694 bits per heavy atom. The number of hydrogen-bond acceptors (Lipinski definition) is 1. The topological polar surface area (TPSA) is 13.1 Å². The van der Waals surface area contributed by atoms with E-state index in [9.17, 15) is 0 Å². The minimum atomic E-state index is 0.910. The second-order valence-electron chi connectivity index (χ2n) is 12.8. The molecular formula is C48H30O. The van der Waals surface area contributed by atoms with Gasteiger partial charge in [-0.15, -0.1) is 0 Å². The average molecular weight is 623 g/mol. The van der Waals surface area contributed by atoms with Gasteiger partial charge in [0.15, 0.2) is 0 Å². The molecule has 0 radical (unpaired) electrons. The fourth-order valence-corrected chi connectivity index (χ4v) is 7.86. The second kappa shape index (κ2) is 11.1. The van der Waals surface area contributed by atoms with Crippen LogP contribution in [0.15, 0.2) is 186 Å². The Bertz CT molecular complexity index is 2830. The van der Waals surface area contributed by atoms with E-state index in [-0.39, 0.29) is 0 Å². The van der Waals surface area contributed by atoms with Crippen LogP contribution in [-0.4, -0.2) is 0 Å². The largest absolute Gasteiger partial charge is 0.456 e. The summed E-state index contributed by atoms with van der Waals surface area (Å²) in [6, 6.07) is 65.9. The van der Waals surface area contributed by atoms with Crippen LogP contribution in [0.4, 0.5) is 0 Å². The molecule has 10 rings (SSSR count). The van der Waals surface area contributed by atoms with Crippen LogP contribution in [-0.2, 0) is 0 Å². The molecule has 0 bridgehead atoms. The molecule has 228 valence electrons. The van der Waals surface area contributed by atoms with Crippen molar-refractivity contribution in [3.8, 4) is 44.5 Å². The first kappa shape index (κ1) is 27.7. The summed E-state index contributed by atoms with van der Waals surface area (Å²) in [6.45, 7) is 0. The van der Waals surface area contributed by atoms with Gasteiger partial charge in [0.2, 0.25) is 0 Å². The molecule has 0 saturated heterocycles. The standard InChI is InChI=1S/C48H30O/c1-2-14-32-29-33(26-25-31(32)13-1)35-15-3-5-18-38(35)47-40-20-7-9-22-42(40)48(43-23-10-8-21-41(43)47)39-19-6-4-16-36(39)34-27-28-46-44(30-34)37-17-11-12-24-45(37)49-46/h1-30H. The summed E-state index contributed by atoms with van der Waals surface area (Å²) < 4.78 is 6.19. The van der Waals surface area contributed by atoms with Crippen LogP contribution in [0.3, 0.4) is 0 Å². The van der Waals surface area contributed by atoms with Gasteiger partial charge in [-0.25, -0.2) is 0 Å². The molecule has 0 amide bonds. The van der Waals surface area contributed by atoms with Crippen LogP contribution in [0.5, 0.6) is 0 Å². The Morgan fingerprint density at radius 3 is 1.31 bits per heavy atom. The summed E-state index contributed by atoms with van der Waals surface area (Å²) in [6.07, 6.45) is 0. The number of rotatable bonds is 4. The quantitative estimate of drug-likeness (QED) is 0.178. The van der Waals surface area contributed by atoms with E-state index in [1.807, 2.05) is 12.1 Å². The minimum Gasteiger partial charge on any atom is -0.456 e. The molecule has 1 heterocycles. The summed E-state index contributed by atoms with van der Waals surface area (Å²) in [7, 11) is 0. The number of para-hydroxylation sites is 1. The Kier molecular flexibility index (Phi) is 6.25. The van der Waals surface area contributed by atoms with Gasteiger partial charge in [0, 0.05) is 10.8 Å². The minimum absolute atomic E-state index is 0.910. The van der Waals surface area contributed by atoms with Gasteiger partial charge >= 0.3 is 0 Å². The molecule has 10 aromatic rings. The summed E-state index contributed by atoms with van der Waals surface area (Å²) in [5, 5.41) is 9.76. The summed E-state index contributed by atoms with van der Waals surface area (Å²) >= 11 is 0. The molecule has 0 fully saturated rings. The van der Waals surface area contributed by atoms with E-state index in [0.29, 0.717) is 0 Å². The average Bonchev–Trinajstić information content (AvgIpc) is 3.55. The zero-order valence-corrected chi connectivity index (χ0v) is 26.7. The van der Waals surface area contributed by atoms with Gasteiger partial charge in [0.25, 0.3) is 0 Å². The lowest BCUT2D eigenvalue weighted by Crippen LogP contribution is -1.94. The van der Waals surface area contributed by atoms with Gasteiger partial charge in [-0.1, -0.05) is 158 Å². The van der Waals surface area contributed by atoms with Gasteiger partial charge in [-0.3, -0.25) is 0 Å². The first-order valence-electron chi connectivity index (χ1n) is 16.8. The predicted molar refractivity (Wildman–Crippen MR) is 208 cm³/mol. The predicted octanol–water partition coefficient (Wildman–Crippen LogP) is 13.7. The lowest BCUT2D eigenvalue weighted by Gasteiger charge is -2.21. The molecule has 49 heavy (non-hydrogen) atoms. The highest BCUT2D eigenvalue weighted by molar-refractivity contribution is 6.23. The molecule has 0 aliphatic rings. The molecule has 0 aliphatic carbocycles. The van der Waals surface area contributed by atoms with Crippen molar-refractivity contribution >= 4 is 54.3 Å². The molecule has 1 heteroatoms. The maximum Gasteiger partial charge on any atom is 0.135 e. The zero-order valence-electron chi connectivity index (χ0n) is 26.7. The summed E-state index contributed by atoms with van der Waals surface area (Å²) in [5.41, 5.74) is 11.6. The number of fused-ring (bicyclic) bond motifs is 6. The van der Waals surface area contributed by atoms with Crippen LogP contribution < -0.4 is 0 Å². The van der Waals surface area contributed by atoms with Gasteiger partial charge < -0.3 is 4.42 Å². The third-order valence-electron chi connectivity index (χ3n) is 10.1. The number of hydrogen-bond donors (Lipinski definition) is 0. The smallest absolute Gasteiger partial charge is 0.135 e. The SMILES string of the molecule is c1ccc(-c2c3ccccc3c(-c3ccccc3-c3ccc4oc5ccccc5c4c3)c3ccccc23)c(-c2ccc3ccccc3c2)c1. The Morgan fingerprint density at radius 1 is 0.265 bits per heavy atom. The third kappa shape index (κ3) is 4.40. The van der Waals surface area contributed by atoms with Crippen LogP contribution in [0, 0.1) is 0 Å². The van der Waals surface area contributed by atoms with E-state index in [2.05, 4.69) is 170 Å². The zero-order chi connectivity index (χ0) is 32.3. The molecule has 9 aromatic carbocycles. The Hall–Kier alpha value is -6.44. The molecule has 1 aromatic heterocycles. The highest BCUT2D eigenvalue weighted by Gasteiger charge is 2.21. The van der Waals surface area contributed by atoms with E-state index in [4.69, 9.17) is 4.42 Å². The first-order valence-corrected chi connectivity index (χ1v) is 16.8. The monoisotopic (exact) mass is 622 g/mol. The second-order valence-corrected chi connectivity index (χ2v) is 12.8. The van der Waals surface area contributed by atoms with E-state index in [1.165, 1.54) is 76.8 Å². The maximum absolute atomic E-state index is 6.19. The molecule has 0 spiro atoms. The lowest BCUT2D eigenvalue weighted by molar-refractivity contribution is 0.669. The van der Waals surface area contributed by atoms with Crippen LogP contribution in [0.1, 0.15) is 0 Å². The van der Waals surface area contributed by atoms with Crippen molar-refractivity contribution < 1.29 is 4.42 Å². The van der Waals surface area contributed by atoms with Crippen molar-refractivity contribution in [1.29, 1.82) is 0 Å². The highest BCUT2D eigenvalue weighted by atomic mass is 16.3. The maximum atomic E-state index is 6.19. The van der Waals surface area contributed by atoms with Crippen LogP contribution in [0.25, 0.3) is 98.8 Å². The van der Waals surface area contributed by atoms with E-state index >= 15 is 0 Å².